The van der Waals surface area contributed by atoms with E-state index in [4.69, 9.17) is 10.2 Å². The molecule has 0 spiro atoms. The summed E-state index contributed by atoms with van der Waals surface area (Å²) in [7, 11) is 0. The molecule has 0 saturated carbocycles. The van der Waals surface area contributed by atoms with Gasteiger partial charge in [-0.05, 0) is 26.0 Å². The number of aromatic nitrogens is 4. The van der Waals surface area contributed by atoms with E-state index in [1.807, 2.05) is 19.9 Å². The second-order valence-corrected chi connectivity index (χ2v) is 4.98. The van der Waals surface area contributed by atoms with E-state index in [-0.39, 0.29) is 18.3 Å². The van der Waals surface area contributed by atoms with Crippen LogP contribution in [0.25, 0.3) is 5.78 Å². The van der Waals surface area contributed by atoms with Crippen molar-refractivity contribution >= 4 is 17.6 Å². The van der Waals surface area contributed by atoms with Gasteiger partial charge >= 0.3 is 0 Å². The third-order valence-corrected chi connectivity index (χ3v) is 3.44. The first kappa shape index (κ1) is 14.1. The average molecular weight is 300 g/mol. The zero-order chi connectivity index (χ0) is 15.7. The Bertz CT molecular complexity index is 822. The number of nitrogens with two attached hydrogens (primary N) is 1. The van der Waals surface area contributed by atoms with Crippen molar-refractivity contribution in [2.75, 3.05) is 5.73 Å². The Labute approximate surface area is 126 Å². The van der Waals surface area contributed by atoms with Crippen LogP contribution in [0.1, 0.15) is 22.7 Å². The summed E-state index contributed by atoms with van der Waals surface area (Å²) in [6.45, 7) is 4.06. The van der Waals surface area contributed by atoms with E-state index in [1.54, 1.807) is 16.8 Å². The predicted molar refractivity (Wildman–Crippen MR) is 78.9 cm³/mol. The summed E-state index contributed by atoms with van der Waals surface area (Å²) >= 11 is 0. The fraction of sp³-hybridized carbons (Fsp3) is 0.286. The largest absolute Gasteiger partial charge is 0.467 e. The highest BCUT2D eigenvalue weighted by molar-refractivity contribution is 5.79. The molecule has 0 aliphatic rings. The summed E-state index contributed by atoms with van der Waals surface area (Å²) in [5.74, 6) is 1.19. The smallest absolute Gasteiger partial charge is 0.254 e. The Kier molecular flexibility index (Phi) is 3.50. The van der Waals surface area contributed by atoms with Gasteiger partial charge in [0.2, 0.25) is 11.9 Å². The van der Waals surface area contributed by atoms with E-state index in [9.17, 15) is 4.79 Å². The molecule has 0 aliphatic heterocycles. The number of amides is 1. The van der Waals surface area contributed by atoms with Crippen LogP contribution in [0.3, 0.4) is 0 Å². The quantitative estimate of drug-likeness (QED) is 0.736. The van der Waals surface area contributed by atoms with Crippen LogP contribution in [0.4, 0.5) is 5.95 Å². The second-order valence-electron chi connectivity index (χ2n) is 4.98. The fourth-order valence-corrected chi connectivity index (χ4v) is 2.30. The lowest BCUT2D eigenvalue weighted by atomic mass is 10.1. The summed E-state index contributed by atoms with van der Waals surface area (Å²) < 4.78 is 6.73. The fourth-order valence-electron chi connectivity index (χ4n) is 2.30. The lowest BCUT2D eigenvalue weighted by molar-refractivity contribution is -0.120. The monoisotopic (exact) mass is 300 g/mol. The molecule has 8 heteroatoms. The highest BCUT2D eigenvalue weighted by Crippen LogP contribution is 2.14. The Morgan fingerprint density at radius 2 is 2.23 bits per heavy atom. The van der Waals surface area contributed by atoms with Gasteiger partial charge in [-0.25, -0.2) is 4.98 Å². The van der Waals surface area contributed by atoms with Gasteiger partial charge in [0.1, 0.15) is 5.76 Å². The number of nitrogens with zero attached hydrogens (tertiary/aromatic N) is 4. The van der Waals surface area contributed by atoms with Gasteiger partial charge in [-0.15, -0.1) is 5.10 Å². The molecule has 0 bridgehead atoms. The number of aryl methyl sites for hydroxylation is 2. The maximum Gasteiger partial charge on any atom is 0.254 e. The zero-order valence-corrected chi connectivity index (χ0v) is 12.3. The van der Waals surface area contributed by atoms with Gasteiger partial charge in [-0.1, -0.05) is 0 Å². The maximum absolute atomic E-state index is 12.1. The minimum Gasteiger partial charge on any atom is -0.467 e. The molecule has 3 heterocycles. The molecular weight excluding hydrogens is 284 g/mol. The molecule has 8 nitrogen and oxygen atoms in total. The van der Waals surface area contributed by atoms with Crippen molar-refractivity contribution in [3.8, 4) is 0 Å². The molecular formula is C14H16N6O2. The number of fused-ring (bicyclic) bond motifs is 1. The minimum absolute atomic E-state index is 0.114. The number of nitrogens with one attached hydrogen (secondary N) is 1. The Morgan fingerprint density at radius 3 is 2.95 bits per heavy atom. The lowest BCUT2D eigenvalue weighted by Crippen LogP contribution is -2.25. The number of furan rings is 1. The minimum atomic E-state index is -0.114. The van der Waals surface area contributed by atoms with Crippen molar-refractivity contribution in [2.24, 2.45) is 0 Å². The first-order valence-corrected chi connectivity index (χ1v) is 6.82. The summed E-state index contributed by atoms with van der Waals surface area (Å²) in [5.41, 5.74) is 7.95. The van der Waals surface area contributed by atoms with Crippen molar-refractivity contribution in [1.82, 2.24) is 24.9 Å². The van der Waals surface area contributed by atoms with Crippen LogP contribution in [0.2, 0.25) is 0 Å². The van der Waals surface area contributed by atoms with Gasteiger partial charge < -0.3 is 15.5 Å². The molecule has 22 heavy (non-hydrogen) atoms. The highest BCUT2D eigenvalue weighted by Gasteiger charge is 2.15. The molecule has 114 valence electrons. The molecule has 3 rings (SSSR count). The molecule has 0 radical (unpaired) electrons. The molecule has 0 unspecified atom stereocenters. The number of anilines is 1. The lowest BCUT2D eigenvalue weighted by Gasteiger charge is -2.10. The van der Waals surface area contributed by atoms with Crippen LogP contribution in [0.15, 0.2) is 22.8 Å². The van der Waals surface area contributed by atoms with Crippen molar-refractivity contribution in [2.45, 2.75) is 26.8 Å². The topological polar surface area (TPSA) is 111 Å². The second kappa shape index (κ2) is 5.47. The first-order chi connectivity index (χ1) is 10.5. The van der Waals surface area contributed by atoms with Crippen molar-refractivity contribution in [3.05, 3.63) is 41.1 Å². The Hall–Kier alpha value is -2.90. The van der Waals surface area contributed by atoms with Crippen LogP contribution in [0.5, 0.6) is 0 Å². The summed E-state index contributed by atoms with van der Waals surface area (Å²) in [6, 6.07) is 3.59. The van der Waals surface area contributed by atoms with Crippen molar-refractivity contribution in [3.63, 3.8) is 0 Å². The SMILES string of the molecule is Cc1nc2nc(N)nn2c(C)c1CC(=O)NCc1ccco1. The van der Waals surface area contributed by atoms with E-state index >= 15 is 0 Å². The van der Waals surface area contributed by atoms with E-state index < -0.39 is 0 Å². The number of hydrogen-bond donors (Lipinski definition) is 2. The van der Waals surface area contributed by atoms with Gasteiger partial charge in [-0.3, -0.25) is 4.79 Å². The summed E-state index contributed by atoms with van der Waals surface area (Å²) in [5, 5.41) is 6.89. The van der Waals surface area contributed by atoms with E-state index in [2.05, 4.69) is 20.4 Å². The van der Waals surface area contributed by atoms with E-state index in [1.165, 1.54) is 0 Å². The van der Waals surface area contributed by atoms with Crippen LogP contribution in [-0.4, -0.2) is 25.5 Å². The normalized spacial score (nSPS) is 11.0. The Morgan fingerprint density at radius 1 is 1.41 bits per heavy atom. The number of rotatable bonds is 4. The maximum atomic E-state index is 12.1. The van der Waals surface area contributed by atoms with Gasteiger partial charge in [-0.2, -0.15) is 9.50 Å². The van der Waals surface area contributed by atoms with E-state index in [0.29, 0.717) is 18.1 Å². The molecule has 3 aromatic heterocycles. The zero-order valence-electron chi connectivity index (χ0n) is 12.3. The van der Waals surface area contributed by atoms with Crippen LogP contribution < -0.4 is 11.1 Å². The molecule has 0 aromatic carbocycles. The van der Waals surface area contributed by atoms with Crippen molar-refractivity contribution < 1.29 is 9.21 Å². The van der Waals surface area contributed by atoms with Crippen LogP contribution in [0, 0.1) is 13.8 Å². The van der Waals surface area contributed by atoms with Gasteiger partial charge in [0.05, 0.1) is 19.2 Å². The van der Waals surface area contributed by atoms with Gasteiger partial charge in [0.15, 0.2) is 0 Å². The number of nitrogen functional groups attached to an aromatic ring is 1. The van der Waals surface area contributed by atoms with Gasteiger partial charge in [0.25, 0.3) is 5.78 Å². The number of carbonyl (C=O) groups excluding carboxylic acids is 1. The average Bonchev–Trinajstić information content (AvgIpc) is 3.10. The Balaban J connectivity index is 1.79. The van der Waals surface area contributed by atoms with Crippen LogP contribution >= 0.6 is 0 Å². The molecule has 3 aromatic rings. The van der Waals surface area contributed by atoms with Crippen LogP contribution in [-0.2, 0) is 17.8 Å². The van der Waals surface area contributed by atoms with Gasteiger partial charge in [0, 0.05) is 17.0 Å². The molecule has 0 fully saturated rings. The molecule has 0 atom stereocenters. The van der Waals surface area contributed by atoms with Crippen molar-refractivity contribution in [1.29, 1.82) is 0 Å². The first-order valence-electron chi connectivity index (χ1n) is 6.82. The third-order valence-electron chi connectivity index (χ3n) is 3.44. The summed E-state index contributed by atoms with van der Waals surface area (Å²) in [4.78, 5) is 20.5. The standard InChI is InChI=1S/C14H16N6O2/c1-8-11(6-12(21)16-7-10-4-3-5-22-10)9(2)20-14(17-8)18-13(15)19-20/h3-5H,6-7H2,1-2H3,(H2,15,19)(H,16,21). The molecule has 1 amide bonds. The highest BCUT2D eigenvalue weighted by atomic mass is 16.3. The van der Waals surface area contributed by atoms with E-state index in [0.717, 1.165) is 17.0 Å². The predicted octanol–water partition coefficient (Wildman–Crippen LogP) is 0.775. The molecule has 3 N–H and O–H groups in total. The number of hydrogen-bond acceptors (Lipinski definition) is 6. The molecule has 0 saturated heterocycles. The number of carbonyl (C=O) groups is 1. The third kappa shape index (κ3) is 2.62. The summed E-state index contributed by atoms with van der Waals surface area (Å²) in [6.07, 6.45) is 1.78. The molecule has 0 aliphatic carbocycles.